The van der Waals surface area contributed by atoms with Crippen molar-refractivity contribution in [1.82, 2.24) is 18.5 Å². The molecule has 0 spiro atoms. The van der Waals surface area contributed by atoms with Crippen molar-refractivity contribution in [3.63, 3.8) is 0 Å². The minimum Gasteiger partial charge on any atom is -0.732 e. The lowest BCUT2D eigenvalue weighted by Crippen LogP contribution is -2.33. The zero-order valence-corrected chi connectivity index (χ0v) is 27.5. The quantitative estimate of drug-likeness (QED) is 0.150. The third kappa shape index (κ3) is 6.70. The molecule has 0 radical (unpaired) electrons. The third-order valence-electron chi connectivity index (χ3n) is 6.97. The van der Waals surface area contributed by atoms with Crippen LogP contribution in [0.5, 0.6) is 0 Å². The van der Waals surface area contributed by atoms with Gasteiger partial charge in [-0.1, -0.05) is 26.0 Å². The summed E-state index contributed by atoms with van der Waals surface area (Å²) in [7, 11) is -4.81. The molecule has 0 aliphatic heterocycles. The summed E-state index contributed by atoms with van der Waals surface area (Å²) in [5.41, 5.74) is 0.998. The number of sulfonamides is 2. The minimum absolute atomic E-state index is 0.00624. The number of nitrogens with one attached hydrogen (secondary N) is 2. The van der Waals surface area contributed by atoms with Crippen LogP contribution in [0.1, 0.15) is 34.7 Å². The summed E-state index contributed by atoms with van der Waals surface area (Å²) in [6.45, 7) is 3.79. The minimum atomic E-state index is -3.82. The number of pyridine rings is 1. The molecule has 2 aromatic heterocycles. The first-order chi connectivity index (χ1) is 21.3. The van der Waals surface area contributed by atoms with E-state index in [-0.39, 0.29) is 63.7 Å². The number of imidazole rings is 1. The van der Waals surface area contributed by atoms with E-state index in [1.54, 1.807) is 26.0 Å². The summed E-state index contributed by atoms with van der Waals surface area (Å²) in [6.07, 6.45) is 1.48. The number of aliphatic hydroxyl groups is 1. The van der Waals surface area contributed by atoms with Gasteiger partial charge in [-0.2, -0.15) is 8.71 Å². The maximum absolute atomic E-state index is 13.8. The Morgan fingerprint density at radius 2 is 1.56 bits per heavy atom. The number of anilines is 1. The topological polar surface area (TPSA) is 162 Å². The fourth-order valence-corrected chi connectivity index (χ4v) is 7.50. The summed E-state index contributed by atoms with van der Waals surface area (Å²) in [5, 5.41) is 14.4. The van der Waals surface area contributed by atoms with Gasteiger partial charge in [0.05, 0.1) is 28.2 Å². The van der Waals surface area contributed by atoms with Crippen molar-refractivity contribution in [1.29, 1.82) is 0 Å². The Balaban J connectivity index is 1.87. The van der Waals surface area contributed by atoms with E-state index < -0.39 is 31.9 Å². The van der Waals surface area contributed by atoms with Gasteiger partial charge >= 0.3 is 0 Å². The molecular weight excluding hydrogens is 641 g/mol. The highest BCUT2D eigenvalue weighted by atomic mass is 32.2. The van der Waals surface area contributed by atoms with Crippen LogP contribution in [0.25, 0.3) is 11.3 Å². The molecule has 0 fully saturated rings. The molecule has 0 saturated heterocycles. The number of amides is 2. The van der Waals surface area contributed by atoms with Gasteiger partial charge in [0.15, 0.2) is 0 Å². The maximum Gasteiger partial charge on any atom is 0.298 e. The normalized spacial score (nSPS) is 12.2. The van der Waals surface area contributed by atoms with Gasteiger partial charge in [0.1, 0.15) is 5.69 Å². The number of benzene rings is 2. The Kier molecular flexibility index (Phi) is 10.3. The molecule has 0 aliphatic rings. The number of aliphatic hydroxyl groups excluding tert-OH is 1. The summed E-state index contributed by atoms with van der Waals surface area (Å²) in [5.74, 6) is -1.15. The predicted octanol–water partition coefficient (Wildman–Crippen LogP) is 1.38. The zero-order chi connectivity index (χ0) is 33.1. The van der Waals surface area contributed by atoms with Crippen molar-refractivity contribution < 1.29 is 35.9 Å². The molecular formula is C29H34N6O7S3. The van der Waals surface area contributed by atoms with Gasteiger partial charge in [-0.3, -0.25) is 9.59 Å². The second kappa shape index (κ2) is 13.6. The van der Waals surface area contributed by atoms with E-state index in [9.17, 15) is 26.4 Å². The molecule has 0 bridgehead atoms. The Morgan fingerprint density at radius 1 is 0.911 bits per heavy atom. The van der Waals surface area contributed by atoms with Crippen molar-refractivity contribution in [2.75, 3.05) is 45.7 Å². The van der Waals surface area contributed by atoms with Crippen LogP contribution in [0.15, 0.2) is 81.7 Å². The van der Waals surface area contributed by atoms with Crippen LogP contribution in [0.3, 0.4) is 0 Å². The molecule has 0 atom stereocenters. The summed E-state index contributed by atoms with van der Waals surface area (Å²) in [6, 6.07) is 14.8. The van der Waals surface area contributed by atoms with Gasteiger partial charge in [0, 0.05) is 56.6 Å². The fraction of sp³-hybridized carbons (Fsp3) is 0.276. The van der Waals surface area contributed by atoms with Gasteiger partial charge in [0.25, 0.3) is 17.5 Å². The monoisotopic (exact) mass is 674 g/mol. The summed E-state index contributed by atoms with van der Waals surface area (Å²) >= 11 is 5.77. The zero-order valence-electron chi connectivity index (χ0n) is 25.1. The Bertz CT molecular complexity index is 1970. The smallest absolute Gasteiger partial charge is 0.298 e. The molecule has 2 heterocycles. The van der Waals surface area contributed by atoms with Crippen molar-refractivity contribution in [2.45, 2.75) is 28.7 Å². The van der Waals surface area contributed by atoms with Crippen LogP contribution in [-0.4, -0.2) is 87.3 Å². The highest BCUT2D eigenvalue weighted by Gasteiger charge is 2.29. The van der Waals surface area contributed by atoms with Crippen LogP contribution in [0.4, 0.5) is 5.69 Å². The van der Waals surface area contributed by atoms with Crippen LogP contribution in [0.2, 0.25) is 0 Å². The molecule has 16 heteroatoms. The third-order valence-corrected chi connectivity index (χ3v) is 11.2. The standard InChI is InChI=1S/C29H34N6O7S3/c1-5-33(6-2)45(41,42)23-11-7-9-21(18-23)31-28(38)26-29(43)35(22-10-8-12-24(19-22)44(39,40)32(3)4)25-17-20(13-15-34(25)26)27(37)30-14-16-36/h7-13,15,17-19,36H,5-6,14,16H2,1-4H3,(H2-,30,31,37,38,43). The lowest BCUT2D eigenvalue weighted by Gasteiger charge is -2.18. The molecule has 0 aliphatic carbocycles. The van der Waals surface area contributed by atoms with Crippen LogP contribution in [-0.2, 0) is 32.7 Å². The van der Waals surface area contributed by atoms with Gasteiger partial charge in [-0.25, -0.2) is 25.7 Å². The SMILES string of the molecule is CCN(CC)S(=O)(=O)c1cccc(NC(=O)c2c([S-])n(-c3cccc(S(=O)(=O)N(C)C)c3)c3cc(C(=O)NCCO)cc[n+]23)c1. The molecule has 0 saturated carbocycles. The highest BCUT2D eigenvalue weighted by molar-refractivity contribution is 7.89. The molecule has 4 rings (SSSR count). The number of hydrogen-bond acceptors (Lipinski definition) is 8. The Morgan fingerprint density at radius 3 is 2.18 bits per heavy atom. The van der Waals surface area contributed by atoms with Gasteiger partial charge in [0.2, 0.25) is 25.7 Å². The lowest BCUT2D eigenvalue weighted by molar-refractivity contribution is -0.514. The molecule has 3 N–H and O–H groups in total. The van der Waals surface area contributed by atoms with Crippen LogP contribution >= 0.6 is 0 Å². The van der Waals surface area contributed by atoms with Crippen molar-refractivity contribution >= 4 is 55.8 Å². The highest BCUT2D eigenvalue weighted by Crippen LogP contribution is 2.25. The van der Waals surface area contributed by atoms with Gasteiger partial charge < -0.3 is 28.4 Å². The van der Waals surface area contributed by atoms with Gasteiger partial charge in [-0.15, -0.1) is 0 Å². The molecule has 2 amide bonds. The second-order valence-corrected chi connectivity index (χ2v) is 14.4. The summed E-state index contributed by atoms with van der Waals surface area (Å²) in [4.78, 5) is 26.5. The van der Waals surface area contributed by atoms with E-state index in [1.165, 1.54) is 82.1 Å². The number of fused-ring (bicyclic) bond motifs is 1. The second-order valence-electron chi connectivity index (χ2n) is 9.97. The average molecular weight is 675 g/mol. The molecule has 2 aromatic carbocycles. The maximum atomic E-state index is 13.8. The Hall–Kier alpha value is -3.93. The Labute approximate surface area is 267 Å². The van der Waals surface area contributed by atoms with E-state index in [1.807, 2.05) is 0 Å². The first-order valence-electron chi connectivity index (χ1n) is 13.9. The van der Waals surface area contributed by atoms with E-state index >= 15 is 0 Å². The largest absolute Gasteiger partial charge is 0.732 e. The van der Waals surface area contributed by atoms with Crippen LogP contribution in [0, 0.1) is 0 Å². The average Bonchev–Trinajstić information content (AvgIpc) is 3.31. The van der Waals surface area contributed by atoms with E-state index in [2.05, 4.69) is 10.6 Å². The van der Waals surface area contributed by atoms with E-state index in [0.717, 1.165) is 4.31 Å². The number of carbonyl (C=O) groups is 2. The number of aromatic nitrogens is 2. The van der Waals surface area contributed by atoms with E-state index in [4.69, 9.17) is 17.7 Å². The number of nitrogens with zero attached hydrogens (tertiary/aromatic N) is 4. The van der Waals surface area contributed by atoms with E-state index in [0.29, 0.717) is 5.69 Å². The van der Waals surface area contributed by atoms with Crippen LogP contribution < -0.4 is 15.0 Å². The van der Waals surface area contributed by atoms with Crippen molar-refractivity contribution in [2.24, 2.45) is 0 Å². The predicted molar refractivity (Wildman–Crippen MR) is 169 cm³/mol. The van der Waals surface area contributed by atoms with Gasteiger partial charge in [-0.05, 0) is 36.4 Å². The lowest BCUT2D eigenvalue weighted by atomic mass is 10.2. The first kappa shape index (κ1) is 34.0. The number of rotatable bonds is 12. The molecule has 13 nitrogen and oxygen atoms in total. The summed E-state index contributed by atoms with van der Waals surface area (Å²) < 4.78 is 57.3. The first-order valence-corrected chi connectivity index (χ1v) is 17.2. The molecule has 0 unspecified atom stereocenters. The number of hydrogen-bond donors (Lipinski definition) is 3. The van der Waals surface area contributed by atoms with Crippen molar-refractivity contribution in [3.05, 3.63) is 78.1 Å². The fourth-order valence-electron chi connectivity index (χ4n) is 4.66. The molecule has 4 aromatic rings. The number of carbonyl (C=O) groups excluding carboxylic acids is 2. The molecule has 240 valence electrons. The molecule has 45 heavy (non-hydrogen) atoms. The van der Waals surface area contributed by atoms with Crippen molar-refractivity contribution in [3.8, 4) is 5.69 Å².